The smallest absolute Gasteiger partial charge is 0.242 e. The van der Waals surface area contributed by atoms with Crippen molar-refractivity contribution >= 4 is 11.8 Å². The number of benzene rings is 2. The van der Waals surface area contributed by atoms with Crippen LogP contribution in [0.25, 0.3) is 0 Å². The van der Waals surface area contributed by atoms with Crippen molar-refractivity contribution in [2.75, 3.05) is 6.54 Å². The third-order valence-corrected chi connectivity index (χ3v) is 5.00. The van der Waals surface area contributed by atoms with Gasteiger partial charge in [-0.2, -0.15) is 0 Å². The summed E-state index contributed by atoms with van der Waals surface area (Å²) in [6.07, 6.45) is 0.249. The Bertz CT molecular complexity index is 786. The Hall–Kier alpha value is -2.66. The lowest BCUT2D eigenvalue weighted by atomic mass is 9.99. The Balaban J connectivity index is 1.90. The first-order valence-electron chi connectivity index (χ1n) is 10.2. The van der Waals surface area contributed by atoms with Gasteiger partial charge in [-0.1, -0.05) is 82.3 Å². The molecule has 2 atom stereocenters. The van der Waals surface area contributed by atoms with Crippen molar-refractivity contribution < 1.29 is 9.59 Å². The Morgan fingerprint density at radius 1 is 0.897 bits per heavy atom. The number of hydrogen-bond donors (Lipinski definition) is 3. The van der Waals surface area contributed by atoms with Crippen LogP contribution in [0.2, 0.25) is 0 Å². The lowest BCUT2D eigenvalue weighted by molar-refractivity contribution is -0.129. The second-order valence-corrected chi connectivity index (χ2v) is 8.12. The fourth-order valence-corrected chi connectivity index (χ4v) is 3.11. The van der Waals surface area contributed by atoms with Crippen LogP contribution in [-0.4, -0.2) is 24.4 Å². The topological polar surface area (TPSA) is 84.2 Å². The summed E-state index contributed by atoms with van der Waals surface area (Å²) >= 11 is 0. The average Bonchev–Trinajstić information content (AvgIpc) is 2.70. The second-order valence-electron chi connectivity index (χ2n) is 8.12. The van der Waals surface area contributed by atoms with E-state index in [1.807, 2.05) is 56.3 Å². The zero-order chi connectivity index (χ0) is 21.4. The van der Waals surface area contributed by atoms with Gasteiger partial charge in [-0.25, -0.2) is 0 Å². The molecule has 2 aromatic carbocycles. The summed E-state index contributed by atoms with van der Waals surface area (Å²) in [4.78, 5) is 25.0. The normalized spacial score (nSPS) is 13.2. The third kappa shape index (κ3) is 7.02. The molecule has 0 aliphatic rings. The minimum Gasteiger partial charge on any atom is -0.352 e. The molecule has 0 heterocycles. The van der Waals surface area contributed by atoms with Gasteiger partial charge >= 0.3 is 0 Å². The van der Waals surface area contributed by atoms with Crippen molar-refractivity contribution in [2.24, 2.45) is 11.7 Å². The molecule has 0 bridgehead atoms. The molecule has 5 heteroatoms. The van der Waals surface area contributed by atoms with Crippen molar-refractivity contribution in [1.29, 1.82) is 0 Å². The lowest BCUT2D eigenvalue weighted by Crippen LogP contribution is -2.51. The van der Waals surface area contributed by atoms with Crippen LogP contribution in [0.4, 0.5) is 0 Å². The summed E-state index contributed by atoms with van der Waals surface area (Å²) in [5.74, 6) is 0.0526. The SMILES string of the molecule is CC(C)c1ccc(C(N)CNC(=O)C(NC(=O)Cc2ccccc2)C(C)C)cc1. The van der Waals surface area contributed by atoms with Crippen LogP contribution in [0.15, 0.2) is 54.6 Å². The molecule has 0 spiro atoms. The van der Waals surface area contributed by atoms with Gasteiger partial charge < -0.3 is 16.4 Å². The largest absolute Gasteiger partial charge is 0.352 e. The zero-order valence-electron chi connectivity index (χ0n) is 17.8. The third-order valence-electron chi connectivity index (χ3n) is 5.00. The number of nitrogens with two attached hydrogens (primary N) is 1. The predicted molar refractivity (Wildman–Crippen MR) is 117 cm³/mol. The van der Waals surface area contributed by atoms with E-state index < -0.39 is 6.04 Å². The Morgan fingerprint density at radius 3 is 2.03 bits per heavy atom. The second kappa shape index (κ2) is 10.8. The standard InChI is InChI=1S/C24H33N3O2/c1-16(2)19-10-12-20(13-11-19)21(25)15-26-24(29)23(17(3)4)27-22(28)14-18-8-6-5-7-9-18/h5-13,16-17,21,23H,14-15,25H2,1-4H3,(H,26,29)(H,27,28). The molecule has 2 unspecified atom stereocenters. The summed E-state index contributed by atoms with van der Waals surface area (Å²) in [5, 5.41) is 5.75. The van der Waals surface area contributed by atoms with Crippen LogP contribution in [-0.2, 0) is 16.0 Å². The van der Waals surface area contributed by atoms with Crippen molar-refractivity contribution in [3.8, 4) is 0 Å². The molecule has 156 valence electrons. The monoisotopic (exact) mass is 395 g/mol. The number of carbonyl (C=O) groups excluding carboxylic acids is 2. The maximum absolute atomic E-state index is 12.7. The highest BCUT2D eigenvalue weighted by Crippen LogP contribution is 2.17. The van der Waals surface area contributed by atoms with Gasteiger partial charge in [0.2, 0.25) is 11.8 Å². The van der Waals surface area contributed by atoms with E-state index in [1.54, 1.807) is 0 Å². The quantitative estimate of drug-likeness (QED) is 0.609. The summed E-state index contributed by atoms with van der Waals surface area (Å²) in [7, 11) is 0. The van der Waals surface area contributed by atoms with Crippen molar-refractivity contribution in [3.63, 3.8) is 0 Å². The van der Waals surface area contributed by atoms with E-state index in [4.69, 9.17) is 5.73 Å². The summed E-state index contributed by atoms with van der Waals surface area (Å²) in [6.45, 7) is 8.44. The van der Waals surface area contributed by atoms with E-state index in [1.165, 1.54) is 5.56 Å². The van der Waals surface area contributed by atoms with Gasteiger partial charge in [-0.05, 0) is 28.5 Å². The first-order valence-corrected chi connectivity index (χ1v) is 10.2. The van der Waals surface area contributed by atoms with Gasteiger partial charge in [0.25, 0.3) is 0 Å². The number of carbonyl (C=O) groups is 2. The van der Waals surface area contributed by atoms with Crippen molar-refractivity contribution in [2.45, 2.75) is 52.1 Å². The molecule has 5 nitrogen and oxygen atoms in total. The van der Waals surface area contributed by atoms with Gasteiger partial charge in [0.15, 0.2) is 0 Å². The van der Waals surface area contributed by atoms with Crippen molar-refractivity contribution in [1.82, 2.24) is 10.6 Å². The van der Waals surface area contributed by atoms with E-state index in [2.05, 4.69) is 36.6 Å². The van der Waals surface area contributed by atoms with E-state index in [-0.39, 0.29) is 30.2 Å². The molecule has 2 rings (SSSR count). The Morgan fingerprint density at radius 2 is 1.48 bits per heavy atom. The fourth-order valence-electron chi connectivity index (χ4n) is 3.11. The molecule has 0 saturated carbocycles. The van der Waals surface area contributed by atoms with Gasteiger partial charge in [0.1, 0.15) is 6.04 Å². The number of rotatable bonds is 9. The van der Waals surface area contributed by atoms with Crippen LogP contribution in [0.3, 0.4) is 0 Å². The molecular weight excluding hydrogens is 362 g/mol. The number of amides is 2. The molecule has 0 aliphatic carbocycles. The molecule has 2 amide bonds. The summed E-state index contributed by atoms with van der Waals surface area (Å²) < 4.78 is 0. The highest BCUT2D eigenvalue weighted by atomic mass is 16.2. The fraction of sp³-hybridized carbons (Fsp3) is 0.417. The minimum absolute atomic E-state index is 0.0312. The maximum Gasteiger partial charge on any atom is 0.242 e. The van der Waals surface area contributed by atoms with E-state index in [0.717, 1.165) is 11.1 Å². The Labute approximate surface area is 174 Å². The zero-order valence-corrected chi connectivity index (χ0v) is 17.8. The molecule has 0 aliphatic heterocycles. The van der Waals surface area contributed by atoms with Gasteiger partial charge in [0, 0.05) is 12.6 Å². The molecule has 2 aromatic rings. The summed E-state index contributed by atoms with van der Waals surface area (Å²) in [6, 6.07) is 16.8. The van der Waals surface area contributed by atoms with Crippen LogP contribution < -0.4 is 16.4 Å². The summed E-state index contributed by atoms with van der Waals surface area (Å²) in [5.41, 5.74) is 9.39. The molecule has 0 fully saturated rings. The molecule has 0 aromatic heterocycles. The van der Waals surface area contributed by atoms with Gasteiger partial charge in [-0.15, -0.1) is 0 Å². The van der Waals surface area contributed by atoms with Crippen LogP contribution in [0.5, 0.6) is 0 Å². The number of nitrogens with one attached hydrogen (secondary N) is 2. The molecule has 29 heavy (non-hydrogen) atoms. The first-order chi connectivity index (χ1) is 13.8. The highest BCUT2D eigenvalue weighted by Gasteiger charge is 2.24. The molecule has 4 N–H and O–H groups in total. The van der Waals surface area contributed by atoms with Crippen LogP contribution >= 0.6 is 0 Å². The van der Waals surface area contributed by atoms with Gasteiger partial charge in [-0.3, -0.25) is 9.59 Å². The van der Waals surface area contributed by atoms with E-state index in [9.17, 15) is 9.59 Å². The number of hydrogen-bond acceptors (Lipinski definition) is 3. The predicted octanol–water partition coefficient (Wildman–Crippen LogP) is 3.31. The van der Waals surface area contributed by atoms with Crippen LogP contribution in [0, 0.1) is 5.92 Å². The maximum atomic E-state index is 12.7. The minimum atomic E-state index is -0.596. The van der Waals surface area contributed by atoms with Crippen LogP contribution in [0.1, 0.15) is 56.3 Å². The van der Waals surface area contributed by atoms with E-state index in [0.29, 0.717) is 12.5 Å². The Kier molecular flexibility index (Phi) is 8.40. The molecule has 0 radical (unpaired) electrons. The molecule has 0 saturated heterocycles. The van der Waals surface area contributed by atoms with Crippen molar-refractivity contribution in [3.05, 3.63) is 71.3 Å². The van der Waals surface area contributed by atoms with Gasteiger partial charge in [0.05, 0.1) is 6.42 Å². The lowest BCUT2D eigenvalue weighted by Gasteiger charge is -2.23. The first kappa shape index (κ1) is 22.6. The average molecular weight is 396 g/mol. The van der Waals surface area contributed by atoms with E-state index >= 15 is 0 Å². The molecular formula is C24H33N3O2. The highest BCUT2D eigenvalue weighted by molar-refractivity contribution is 5.88.